The van der Waals surface area contributed by atoms with E-state index < -0.39 is 12.2 Å². The number of fused-ring (bicyclic) bond motifs is 2. The van der Waals surface area contributed by atoms with Crippen LogP contribution >= 0.6 is 0 Å². The van der Waals surface area contributed by atoms with Gasteiger partial charge in [-0.25, -0.2) is 4.79 Å². The smallest absolute Gasteiger partial charge is 0.414 e. The van der Waals surface area contributed by atoms with Crippen LogP contribution in [0.2, 0.25) is 0 Å². The maximum absolute atomic E-state index is 11.9. The third kappa shape index (κ3) is 2.30. The molecule has 0 bridgehead atoms. The summed E-state index contributed by atoms with van der Waals surface area (Å²) in [7, 11) is 1.56. The van der Waals surface area contributed by atoms with Crippen molar-refractivity contribution in [2.75, 3.05) is 25.2 Å². The first-order chi connectivity index (χ1) is 11.7. The van der Waals surface area contributed by atoms with Gasteiger partial charge in [-0.3, -0.25) is 4.90 Å². The molecule has 2 aromatic rings. The average molecular weight is 329 g/mol. The first-order valence-electron chi connectivity index (χ1n) is 7.45. The molecule has 1 saturated heterocycles. The lowest BCUT2D eigenvalue weighted by atomic mass is 10.2. The summed E-state index contributed by atoms with van der Waals surface area (Å²) >= 11 is 0. The molecule has 2 aromatic carbocycles. The van der Waals surface area contributed by atoms with Crippen LogP contribution < -0.4 is 19.1 Å². The summed E-state index contributed by atoms with van der Waals surface area (Å²) < 4.78 is 22.1. The van der Waals surface area contributed by atoms with Crippen molar-refractivity contribution in [3.8, 4) is 28.7 Å². The molecule has 2 aliphatic heterocycles. The molecular weight excluding hydrogens is 314 g/mol. The van der Waals surface area contributed by atoms with E-state index in [1.54, 1.807) is 37.4 Å². The lowest BCUT2D eigenvalue weighted by Gasteiger charge is -2.23. The molecule has 0 radical (unpaired) electrons. The van der Waals surface area contributed by atoms with Crippen LogP contribution in [0.25, 0.3) is 0 Å². The zero-order valence-corrected chi connectivity index (χ0v) is 12.9. The summed E-state index contributed by atoms with van der Waals surface area (Å²) in [6, 6.07) is 10.6. The Balaban J connectivity index is 1.67. The Morgan fingerprint density at radius 2 is 2.08 bits per heavy atom. The number of ether oxygens (including phenoxy) is 4. The predicted molar refractivity (Wildman–Crippen MR) is 84.3 cm³/mol. The Bertz CT molecular complexity index is 806. The molecular formula is C17H15NO6. The highest BCUT2D eigenvalue weighted by Gasteiger charge is 2.33. The molecule has 24 heavy (non-hydrogen) atoms. The van der Waals surface area contributed by atoms with Gasteiger partial charge in [-0.05, 0) is 24.3 Å². The molecule has 4 rings (SSSR count). The van der Waals surface area contributed by atoms with Gasteiger partial charge in [0.15, 0.2) is 23.0 Å². The number of carbonyl (C=O) groups excluding carboxylic acids is 1. The van der Waals surface area contributed by atoms with Gasteiger partial charge in [0.2, 0.25) is 5.75 Å². The average Bonchev–Trinajstić information content (AvgIpc) is 3.00. The minimum Gasteiger partial charge on any atom is -0.493 e. The number of nitrogens with zero attached hydrogens (tertiary/aromatic N) is 1. The summed E-state index contributed by atoms with van der Waals surface area (Å²) in [4.78, 5) is 13.4. The molecule has 7 heteroatoms. The van der Waals surface area contributed by atoms with E-state index in [1.807, 2.05) is 6.07 Å². The van der Waals surface area contributed by atoms with Gasteiger partial charge in [-0.2, -0.15) is 0 Å². The number of cyclic esters (lactones) is 1. The highest BCUT2D eigenvalue weighted by atomic mass is 16.6. The Hall–Kier alpha value is -2.93. The number of aliphatic hydroxyl groups is 1. The van der Waals surface area contributed by atoms with Crippen molar-refractivity contribution in [1.82, 2.24) is 0 Å². The SMILES string of the molecule is COc1cccc2c1Oc1cc(N3C[C@H](CO)OC3=O)ccc1O2. The van der Waals surface area contributed by atoms with Crippen molar-refractivity contribution in [2.24, 2.45) is 0 Å². The molecule has 0 saturated carbocycles. The molecule has 0 spiro atoms. The van der Waals surface area contributed by atoms with Gasteiger partial charge in [0.1, 0.15) is 6.10 Å². The molecule has 0 aliphatic carbocycles. The van der Waals surface area contributed by atoms with E-state index in [4.69, 9.17) is 24.1 Å². The summed E-state index contributed by atoms with van der Waals surface area (Å²) in [5.74, 6) is 2.64. The third-order valence-electron chi connectivity index (χ3n) is 3.91. The van der Waals surface area contributed by atoms with Crippen molar-refractivity contribution in [3.05, 3.63) is 36.4 Å². The molecule has 1 fully saturated rings. The number of aliphatic hydroxyl groups excluding tert-OH is 1. The number of carbonyl (C=O) groups is 1. The summed E-state index contributed by atoms with van der Waals surface area (Å²) in [6.07, 6.45) is -1.02. The number of methoxy groups -OCH3 is 1. The van der Waals surface area contributed by atoms with Crippen LogP contribution in [0.3, 0.4) is 0 Å². The van der Waals surface area contributed by atoms with E-state index in [1.165, 1.54) is 4.90 Å². The molecule has 7 nitrogen and oxygen atoms in total. The van der Waals surface area contributed by atoms with Crippen molar-refractivity contribution < 1.29 is 28.8 Å². The van der Waals surface area contributed by atoms with Gasteiger partial charge in [-0.1, -0.05) is 6.07 Å². The van der Waals surface area contributed by atoms with Crippen LogP contribution in [-0.4, -0.2) is 37.6 Å². The van der Waals surface area contributed by atoms with Crippen molar-refractivity contribution in [3.63, 3.8) is 0 Å². The first kappa shape index (κ1) is 14.6. The zero-order valence-electron chi connectivity index (χ0n) is 12.9. The van der Waals surface area contributed by atoms with E-state index in [2.05, 4.69) is 0 Å². The van der Waals surface area contributed by atoms with Crippen LogP contribution in [0.4, 0.5) is 10.5 Å². The van der Waals surface area contributed by atoms with Crippen molar-refractivity contribution in [2.45, 2.75) is 6.10 Å². The van der Waals surface area contributed by atoms with Crippen LogP contribution in [0.5, 0.6) is 28.7 Å². The maximum Gasteiger partial charge on any atom is 0.414 e. The fourth-order valence-electron chi connectivity index (χ4n) is 2.72. The number of hydrogen-bond acceptors (Lipinski definition) is 6. The number of benzene rings is 2. The van der Waals surface area contributed by atoms with Crippen LogP contribution in [-0.2, 0) is 4.74 Å². The molecule has 0 aromatic heterocycles. The van der Waals surface area contributed by atoms with Gasteiger partial charge < -0.3 is 24.1 Å². The Morgan fingerprint density at radius 3 is 2.83 bits per heavy atom. The molecule has 1 N–H and O–H groups in total. The van der Waals surface area contributed by atoms with Gasteiger partial charge in [0.25, 0.3) is 0 Å². The number of anilines is 1. The molecule has 124 valence electrons. The fourth-order valence-corrected chi connectivity index (χ4v) is 2.72. The highest BCUT2D eigenvalue weighted by Crippen LogP contribution is 2.50. The number of para-hydroxylation sites is 1. The fraction of sp³-hybridized carbons (Fsp3) is 0.235. The van der Waals surface area contributed by atoms with Crippen LogP contribution in [0.1, 0.15) is 0 Å². The number of rotatable bonds is 3. The number of hydrogen-bond donors (Lipinski definition) is 1. The molecule has 0 unspecified atom stereocenters. The van der Waals surface area contributed by atoms with Crippen molar-refractivity contribution in [1.29, 1.82) is 0 Å². The van der Waals surface area contributed by atoms with E-state index in [-0.39, 0.29) is 13.2 Å². The van der Waals surface area contributed by atoms with Crippen molar-refractivity contribution >= 4 is 11.8 Å². The number of amides is 1. The minimum atomic E-state index is -0.522. The Kier molecular flexibility index (Phi) is 3.42. The predicted octanol–water partition coefficient (Wildman–Crippen LogP) is 2.91. The maximum atomic E-state index is 11.9. The van der Waals surface area contributed by atoms with Crippen LogP contribution in [0.15, 0.2) is 36.4 Å². The zero-order chi connectivity index (χ0) is 16.7. The minimum absolute atomic E-state index is 0.211. The molecule has 1 atom stereocenters. The molecule has 2 aliphatic rings. The summed E-state index contributed by atoms with van der Waals surface area (Å²) in [5, 5.41) is 9.14. The van der Waals surface area contributed by atoms with E-state index >= 15 is 0 Å². The van der Waals surface area contributed by atoms with E-state index in [0.29, 0.717) is 34.4 Å². The van der Waals surface area contributed by atoms with Crippen LogP contribution in [0, 0.1) is 0 Å². The monoisotopic (exact) mass is 329 g/mol. The van der Waals surface area contributed by atoms with E-state index in [9.17, 15) is 4.79 Å². The summed E-state index contributed by atoms with van der Waals surface area (Å²) in [6.45, 7) is 0.0756. The molecule has 2 heterocycles. The largest absolute Gasteiger partial charge is 0.493 e. The summed E-state index contributed by atoms with van der Waals surface area (Å²) in [5.41, 5.74) is 0.608. The topological polar surface area (TPSA) is 77.5 Å². The van der Waals surface area contributed by atoms with Gasteiger partial charge in [-0.15, -0.1) is 0 Å². The van der Waals surface area contributed by atoms with Gasteiger partial charge in [0.05, 0.1) is 25.9 Å². The van der Waals surface area contributed by atoms with E-state index in [0.717, 1.165) is 0 Å². The standard InChI is InChI=1S/C17H15NO6/c1-21-13-3-2-4-14-16(13)24-15-7-10(5-6-12(15)23-14)18-8-11(9-19)22-17(18)20/h2-7,11,19H,8-9H2,1H3/t11-/m1/s1. The highest BCUT2D eigenvalue weighted by molar-refractivity contribution is 5.90. The normalized spacial score (nSPS) is 18.2. The molecule has 1 amide bonds. The third-order valence-corrected chi connectivity index (χ3v) is 3.91. The lowest BCUT2D eigenvalue weighted by molar-refractivity contribution is 0.0963. The lowest BCUT2D eigenvalue weighted by Crippen LogP contribution is -2.25. The second kappa shape index (κ2) is 5.61. The van der Waals surface area contributed by atoms with Gasteiger partial charge >= 0.3 is 6.09 Å². The Morgan fingerprint density at radius 1 is 1.21 bits per heavy atom. The second-order valence-corrected chi connectivity index (χ2v) is 5.42. The second-order valence-electron chi connectivity index (χ2n) is 5.42. The quantitative estimate of drug-likeness (QED) is 0.796. The Labute approximate surface area is 137 Å². The first-order valence-corrected chi connectivity index (χ1v) is 7.45. The van der Waals surface area contributed by atoms with Gasteiger partial charge in [0, 0.05) is 6.07 Å².